The molecule has 1 unspecified atom stereocenters. The second-order valence-electron chi connectivity index (χ2n) is 4.38. The Morgan fingerprint density at radius 1 is 1.53 bits per heavy atom. The van der Waals surface area contributed by atoms with Gasteiger partial charge in [0, 0.05) is 6.54 Å². The van der Waals surface area contributed by atoms with Gasteiger partial charge < -0.3 is 20.8 Å². The fourth-order valence-corrected chi connectivity index (χ4v) is 1.76. The molecule has 1 fully saturated rings. The highest BCUT2D eigenvalue weighted by atomic mass is 16.3. The molecule has 1 saturated heterocycles. The number of aliphatic hydroxyl groups is 2. The summed E-state index contributed by atoms with van der Waals surface area (Å²) < 4.78 is 0. The Kier molecular flexibility index (Phi) is 4.50. The van der Waals surface area contributed by atoms with Gasteiger partial charge in [-0.3, -0.25) is 4.79 Å². The molecule has 88 valence electrons. The van der Waals surface area contributed by atoms with E-state index in [1.54, 1.807) is 0 Å². The van der Waals surface area contributed by atoms with Crippen LogP contribution in [0.25, 0.3) is 0 Å². The average Bonchev–Trinajstić information content (AvgIpc) is 2.26. The topological polar surface area (TPSA) is 81.6 Å². The van der Waals surface area contributed by atoms with Crippen molar-refractivity contribution in [2.45, 2.75) is 25.8 Å². The summed E-state index contributed by atoms with van der Waals surface area (Å²) in [6.45, 7) is 3.05. The number of hydrogen-bond acceptors (Lipinski definition) is 4. The van der Waals surface area contributed by atoms with E-state index in [1.165, 1.54) is 0 Å². The van der Waals surface area contributed by atoms with Crippen LogP contribution in [-0.4, -0.2) is 48.5 Å². The second-order valence-corrected chi connectivity index (χ2v) is 4.38. The van der Waals surface area contributed by atoms with E-state index >= 15 is 0 Å². The number of amides is 1. The first-order chi connectivity index (χ1) is 7.12. The van der Waals surface area contributed by atoms with Gasteiger partial charge in [0.1, 0.15) is 0 Å². The van der Waals surface area contributed by atoms with E-state index < -0.39 is 11.5 Å². The molecule has 4 N–H and O–H groups in total. The van der Waals surface area contributed by atoms with Gasteiger partial charge in [-0.05, 0) is 26.3 Å². The maximum absolute atomic E-state index is 11.9. The largest absolute Gasteiger partial charge is 0.394 e. The Bertz CT molecular complexity index is 211. The molecule has 0 aromatic rings. The predicted octanol–water partition coefficient (Wildman–Crippen LogP) is -1.15. The van der Waals surface area contributed by atoms with Crippen LogP contribution in [-0.2, 0) is 4.79 Å². The lowest BCUT2D eigenvalue weighted by Crippen LogP contribution is -2.52. The lowest BCUT2D eigenvalue weighted by molar-refractivity contribution is -0.132. The molecular formula is C10H20N2O3. The number of carbonyl (C=O) groups excluding carboxylic acids is 1. The van der Waals surface area contributed by atoms with Crippen LogP contribution in [0.15, 0.2) is 0 Å². The highest BCUT2D eigenvalue weighted by molar-refractivity contribution is 5.82. The Hall–Kier alpha value is -0.650. The van der Waals surface area contributed by atoms with Gasteiger partial charge >= 0.3 is 0 Å². The fraction of sp³-hybridized carbons (Fsp3) is 0.900. The molecule has 15 heavy (non-hydrogen) atoms. The zero-order chi connectivity index (χ0) is 11.3. The number of aliphatic hydroxyl groups excluding tert-OH is 2. The quantitative estimate of drug-likeness (QED) is 0.478. The van der Waals surface area contributed by atoms with E-state index in [-0.39, 0.29) is 19.1 Å². The minimum absolute atomic E-state index is 0.0946. The highest BCUT2D eigenvalue weighted by Crippen LogP contribution is 2.25. The van der Waals surface area contributed by atoms with Crippen LogP contribution in [0.4, 0.5) is 0 Å². The summed E-state index contributed by atoms with van der Waals surface area (Å²) in [6, 6.07) is -0.545. The molecule has 1 rings (SSSR count). The van der Waals surface area contributed by atoms with E-state index in [9.17, 15) is 4.79 Å². The van der Waals surface area contributed by atoms with Crippen LogP contribution in [0.3, 0.4) is 0 Å². The van der Waals surface area contributed by atoms with Gasteiger partial charge in [0.25, 0.3) is 0 Å². The molecule has 1 amide bonds. The van der Waals surface area contributed by atoms with Crippen LogP contribution in [0.1, 0.15) is 19.8 Å². The summed E-state index contributed by atoms with van der Waals surface area (Å²) in [5, 5.41) is 23.6. The van der Waals surface area contributed by atoms with Crippen LogP contribution in [0, 0.1) is 5.41 Å². The van der Waals surface area contributed by atoms with E-state index in [1.807, 2.05) is 6.92 Å². The molecule has 0 saturated carbocycles. The molecule has 0 aromatic heterocycles. The first kappa shape index (κ1) is 12.4. The molecule has 5 nitrogen and oxygen atoms in total. The Morgan fingerprint density at radius 2 is 2.20 bits per heavy atom. The fourth-order valence-electron chi connectivity index (χ4n) is 1.76. The smallest absolute Gasteiger partial charge is 0.227 e. The molecule has 5 heteroatoms. The van der Waals surface area contributed by atoms with Crippen molar-refractivity contribution in [3.8, 4) is 0 Å². The van der Waals surface area contributed by atoms with Crippen molar-refractivity contribution >= 4 is 5.91 Å². The summed E-state index contributed by atoms with van der Waals surface area (Å²) in [4.78, 5) is 11.9. The Morgan fingerprint density at radius 3 is 2.67 bits per heavy atom. The van der Waals surface area contributed by atoms with Crippen molar-refractivity contribution in [1.29, 1.82) is 0 Å². The van der Waals surface area contributed by atoms with Gasteiger partial charge in [-0.25, -0.2) is 0 Å². The average molecular weight is 216 g/mol. The van der Waals surface area contributed by atoms with Gasteiger partial charge in [-0.1, -0.05) is 0 Å². The normalized spacial score (nSPS) is 26.7. The number of hydrogen-bond donors (Lipinski definition) is 4. The molecule has 0 aromatic carbocycles. The van der Waals surface area contributed by atoms with Crippen LogP contribution in [0.2, 0.25) is 0 Å². The number of piperidine rings is 1. The summed E-state index contributed by atoms with van der Waals surface area (Å²) in [7, 11) is 0. The zero-order valence-corrected chi connectivity index (χ0v) is 9.12. The first-order valence-corrected chi connectivity index (χ1v) is 5.36. The summed E-state index contributed by atoms with van der Waals surface area (Å²) in [5.41, 5.74) is -0.416. The number of nitrogens with one attached hydrogen (secondary N) is 2. The number of carbonyl (C=O) groups is 1. The Balaban J connectivity index is 2.50. The maximum atomic E-state index is 11.9. The molecule has 1 atom stereocenters. The van der Waals surface area contributed by atoms with Crippen LogP contribution in [0.5, 0.6) is 0 Å². The molecule has 1 aliphatic rings. The lowest BCUT2D eigenvalue weighted by atomic mass is 9.82. The molecule has 1 aliphatic heterocycles. The third-order valence-electron chi connectivity index (χ3n) is 2.92. The molecular weight excluding hydrogens is 196 g/mol. The third-order valence-corrected chi connectivity index (χ3v) is 2.92. The minimum atomic E-state index is -0.545. The highest BCUT2D eigenvalue weighted by Gasteiger charge is 2.35. The molecule has 0 spiro atoms. The molecule has 0 aliphatic carbocycles. The molecule has 0 radical (unpaired) electrons. The molecule has 0 bridgehead atoms. The minimum Gasteiger partial charge on any atom is -0.394 e. The van der Waals surface area contributed by atoms with Gasteiger partial charge in [0.2, 0.25) is 5.91 Å². The summed E-state index contributed by atoms with van der Waals surface area (Å²) in [6.07, 6.45) is 1.82. The summed E-state index contributed by atoms with van der Waals surface area (Å²) >= 11 is 0. The second kappa shape index (κ2) is 5.44. The Labute approximate surface area is 89.9 Å². The van der Waals surface area contributed by atoms with E-state index in [2.05, 4.69) is 10.6 Å². The predicted molar refractivity (Wildman–Crippen MR) is 56.3 cm³/mol. The van der Waals surface area contributed by atoms with Gasteiger partial charge in [0.05, 0.1) is 24.7 Å². The summed E-state index contributed by atoms with van der Waals surface area (Å²) in [5.74, 6) is -0.0946. The van der Waals surface area contributed by atoms with Crippen molar-refractivity contribution in [2.24, 2.45) is 5.41 Å². The number of rotatable bonds is 4. The first-order valence-electron chi connectivity index (χ1n) is 5.36. The monoisotopic (exact) mass is 216 g/mol. The zero-order valence-electron chi connectivity index (χ0n) is 9.12. The van der Waals surface area contributed by atoms with E-state index in [0.29, 0.717) is 6.54 Å². The van der Waals surface area contributed by atoms with Crippen molar-refractivity contribution in [2.75, 3.05) is 26.3 Å². The van der Waals surface area contributed by atoms with Crippen molar-refractivity contribution in [3.63, 3.8) is 0 Å². The van der Waals surface area contributed by atoms with Gasteiger partial charge in [-0.15, -0.1) is 0 Å². The molecule has 1 heterocycles. The lowest BCUT2D eigenvalue weighted by Gasteiger charge is -2.33. The van der Waals surface area contributed by atoms with Gasteiger partial charge in [0.15, 0.2) is 0 Å². The maximum Gasteiger partial charge on any atom is 0.227 e. The third kappa shape index (κ3) is 3.15. The van der Waals surface area contributed by atoms with Crippen molar-refractivity contribution in [1.82, 2.24) is 10.6 Å². The van der Waals surface area contributed by atoms with Crippen molar-refractivity contribution in [3.05, 3.63) is 0 Å². The van der Waals surface area contributed by atoms with Crippen molar-refractivity contribution < 1.29 is 15.0 Å². The standard InChI is InChI=1S/C10H20N2O3/c1-10(3-2-4-11-7-10)9(15)12-8(5-13)6-14/h8,11,13-14H,2-7H2,1H3,(H,12,15). The van der Waals surface area contributed by atoms with Crippen LogP contribution < -0.4 is 10.6 Å². The van der Waals surface area contributed by atoms with Gasteiger partial charge in [-0.2, -0.15) is 0 Å². The SMILES string of the molecule is CC1(C(=O)NC(CO)CO)CCCNC1. The van der Waals surface area contributed by atoms with E-state index in [4.69, 9.17) is 10.2 Å². The van der Waals surface area contributed by atoms with E-state index in [0.717, 1.165) is 19.4 Å². The van der Waals surface area contributed by atoms with Crippen LogP contribution >= 0.6 is 0 Å².